The van der Waals surface area contributed by atoms with Gasteiger partial charge in [-0.2, -0.15) is 0 Å². The van der Waals surface area contributed by atoms with E-state index >= 15 is 0 Å². The van der Waals surface area contributed by atoms with Crippen molar-refractivity contribution >= 4 is 5.91 Å². The van der Waals surface area contributed by atoms with Crippen molar-refractivity contribution in [2.75, 3.05) is 13.2 Å². The van der Waals surface area contributed by atoms with Crippen LogP contribution in [0.25, 0.3) is 0 Å². The van der Waals surface area contributed by atoms with Crippen molar-refractivity contribution in [3.63, 3.8) is 0 Å². The number of hydrogen-bond acceptors (Lipinski definition) is 5. The molecule has 1 N–H and O–H groups in total. The number of ether oxygens (including phenoxy) is 2. The lowest BCUT2D eigenvalue weighted by molar-refractivity contribution is -0.00301. The number of aromatic nitrogens is 3. The first-order valence-corrected chi connectivity index (χ1v) is 8.15. The number of nitrogens with zero attached hydrogens (tertiary/aromatic N) is 3. The summed E-state index contributed by atoms with van der Waals surface area (Å²) >= 11 is 0. The van der Waals surface area contributed by atoms with Crippen molar-refractivity contribution in [1.29, 1.82) is 0 Å². The van der Waals surface area contributed by atoms with Gasteiger partial charge in [-0.15, -0.1) is 0 Å². The van der Waals surface area contributed by atoms with Crippen LogP contribution in [0.1, 0.15) is 41.9 Å². The van der Waals surface area contributed by atoms with Gasteiger partial charge in [0.05, 0.1) is 30.4 Å². The average molecular weight is 330 g/mol. The van der Waals surface area contributed by atoms with Gasteiger partial charge in [-0.1, -0.05) is 0 Å². The number of rotatable bonds is 5. The molecule has 0 aromatic carbocycles. The topological polar surface area (TPSA) is 78.3 Å². The minimum atomic E-state index is -0.124. The molecule has 7 nitrogen and oxygen atoms in total. The second-order valence-electron chi connectivity index (χ2n) is 5.80. The smallest absolute Gasteiger partial charge is 0.253 e. The summed E-state index contributed by atoms with van der Waals surface area (Å²) in [6.45, 7) is 3.06. The Balaban J connectivity index is 1.60. The zero-order valence-electron chi connectivity index (χ0n) is 13.9. The summed E-state index contributed by atoms with van der Waals surface area (Å²) in [7, 11) is 1.94. The molecular weight excluding hydrogens is 308 g/mol. The second kappa shape index (κ2) is 7.44. The van der Waals surface area contributed by atoms with Crippen LogP contribution >= 0.6 is 0 Å². The molecule has 0 bridgehead atoms. The average Bonchev–Trinajstić information content (AvgIpc) is 3.02. The Morgan fingerprint density at radius 1 is 1.46 bits per heavy atom. The molecule has 1 aliphatic heterocycles. The van der Waals surface area contributed by atoms with Gasteiger partial charge in [0.1, 0.15) is 6.10 Å². The minimum absolute atomic E-state index is 0.0463. The predicted molar refractivity (Wildman–Crippen MR) is 87.8 cm³/mol. The molecule has 1 aliphatic rings. The van der Waals surface area contributed by atoms with E-state index in [4.69, 9.17) is 9.47 Å². The van der Waals surface area contributed by atoms with Gasteiger partial charge in [-0.25, -0.2) is 9.97 Å². The van der Waals surface area contributed by atoms with Crippen molar-refractivity contribution in [2.24, 2.45) is 7.05 Å². The standard InChI is InChI=1S/C17H22N4O3/c1-3-23-16-5-4-12(9-19-16)17(22)20-13-6-7-24-15(8-13)14-10-18-11-21(14)2/h4-5,9-11,13,15H,3,6-8H2,1-2H3,(H,20,22)/t13-,15+/m0/s1. The Hall–Kier alpha value is -2.41. The lowest BCUT2D eigenvalue weighted by Crippen LogP contribution is -2.40. The Labute approximate surface area is 141 Å². The fourth-order valence-electron chi connectivity index (χ4n) is 2.83. The molecule has 0 unspecified atom stereocenters. The van der Waals surface area contributed by atoms with Crippen molar-refractivity contribution in [1.82, 2.24) is 19.9 Å². The van der Waals surface area contributed by atoms with Gasteiger partial charge in [-0.3, -0.25) is 4.79 Å². The van der Waals surface area contributed by atoms with Crippen LogP contribution < -0.4 is 10.1 Å². The van der Waals surface area contributed by atoms with Crippen molar-refractivity contribution in [3.05, 3.63) is 42.1 Å². The van der Waals surface area contributed by atoms with Gasteiger partial charge >= 0.3 is 0 Å². The molecule has 1 fully saturated rings. The highest BCUT2D eigenvalue weighted by Gasteiger charge is 2.27. The quantitative estimate of drug-likeness (QED) is 0.905. The molecule has 0 spiro atoms. The molecule has 2 aromatic rings. The van der Waals surface area contributed by atoms with Gasteiger partial charge in [0.25, 0.3) is 5.91 Å². The Bertz CT molecular complexity index is 683. The molecule has 0 saturated carbocycles. The molecule has 3 rings (SSSR count). The molecule has 1 amide bonds. The van der Waals surface area contributed by atoms with Crippen molar-refractivity contribution in [3.8, 4) is 5.88 Å². The summed E-state index contributed by atoms with van der Waals surface area (Å²) < 4.78 is 13.1. The second-order valence-corrected chi connectivity index (χ2v) is 5.80. The van der Waals surface area contributed by atoms with Crippen LogP contribution in [0.2, 0.25) is 0 Å². The van der Waals surface area contributed by atoms with Crippen molar-refractivity contribution < 1.29 is 14.3 Å². The third kappa shape index (κ3) is 3.73. The normalized spacial score (nSPS) is 20.6. The van der Waals surface area contributed by atoms with Crippen molar-refractivity contribution in [2.45, 2.75) is 31.9 Å². The molecule has 128 valence electrons. The zero-order chi connectivity index (χ0) is 16.9. The maximum atomic E-state index is 12.4. The summed E-state index contributed by atoms with van der Waals surface area (Å²) in [6, 6.07) is 3.50. The number of nitrogens with one attached hydrogen (secondary N) is 1. The van der Waals surface area contributed by atoms with Gasteiger partial charge in [0, 0.05) is 32.0 Å². The number of pyridine rings is 1. The highest BCUT2D eigenvalue weighted by atomic mass is 16.5. The molecular formula is C17H22N4O3. The fourth-order valence-corrected chi connectivity index (χ4v) is 2.83. The van der Waals surface area contributed by atoms with E-state index in [1.54, 1.807) is 18.5 Å². The van der Waals surface area contributed by atoms with Crippen LogP contribution in [-0.4, -0.2) is 39.7 Å². The van der Waals surface area contributed by atoms with Crippen LogP contribution in [-0.2, 0) is 11.8 Å². The molecule has 2 atom stereocenters. The number of hydrogen-bond donors (Lipinski definition) is 1. The SMILES string of the molecule is CCOc1ccc(C(=O)N[C@H]2CCO[C@@H](c3cncn3C)C2)cn1. The van der Waals surface area contributed by atoms with E-state index in [1.807, 2.05) is 24.7 Å². The van der Waals surface area contributed by atoms with Gasteiger partial charge in [-0.05, 0) is 25.8 Å². The number of carbonyl (C=O) groups excluding carboxylic acids is 1. The number of aryl methyl sites for hydroxylation is 1. The molecule has 2 aromatic heterocycles. The Kier molecular flexibility index (Phi) is 5.10. The first-order chi connectivity index (χ1) is 11.7. The lowest BCUT2D eigenvalue weighted by Gasteiger charge is -2.30. The van der Waals surface area contributed by atoms with E-state index < -0.39 is 0 Å². The van der Waals surface area contributed by atoms with E-state index in [1.165, 1.54) is 6.20 Å². The molecule has 3 heterocycles. The number of carbonyl (C=O) groups is 1. The molecule has 0 aliphatic carbocycles. The van der Waals surface area contributed by atoms with Crippen LogP contribution in [0.4, 0.5) is 0 Å². The summed E-state index contributed by atoms with van der Waals surface area (Å²) in [6.07, 6.45) is 6.59. The van der Waals surface area contributed by atoms with E-state index in [-0.39, 0.29) is 18.1 Å². The molecule has 1 saturated heterocycles. The van der Waals surface area contributed by atoms with Gasteiger partial charge in [0.2, 0.25) is 5.88 Å². The first-order valence-electron chi connectivity index (χ1n) is 8.15. The largest absolute Gasteiger partial charge is 0.478 e. The van der Waals surface area contributed by atoms with E-state index in [2.05, 4.69) is 15.3 Å². The third-order valence-corrected chi connectivity index (χ3v) is 4.09. The first kappa shape index (κ1) is 16.4. The van der Waals surface area contributed by atoms with E-state index in [0.29, 0.717) is 24.7 Å². The van der Waals surface area contributed by atoms with Crippen LogP contribution in [0, 0.1) is 0 Å². The minimum Gasteiger partial charge on any atom is -0.478 e. The van der Waals surface area contributed by atoms with E-state index in [9.17, 15) is 4.79 Å². The zero-order valence-corrected chi connectivity index (χ0v) is 13.9. The van der Waals surface area contributed by atoms with Crippen LogP contribution in [0.3, 0.4) is 0 Å². The summed E-state index contributed by atoms with van der Waals surface area (Å²) in [5.41, 5.74) is 1.55. The lowest BCUT2D eigenvalue weighted by atomic mass is 10.0. The number of imidazole rings is 1. The molecule has 7 heteroatoms. The maximum Gasteiger partial charge on any atom is 0.253 e. The Morgan fingerprint density at radius 3 is 3.00 bits per heavy atom. The molecule has 24 heavy (non-hydrogen) atoms. The summed E-state index contributed by atoms with van der Waals surface area (Å²) in [5, 5.41) is 3.07. The third-order valence-electron chi connectivity index (χ3n) is 4.09. The summed E-state index contributed by atoms with van der Waals surface area (Å²) in [4.78, 5) is 20.7. The van der Waals surface area contributed by atoms with E-state index in [0.717, 1.165) is 18.5 Å². The van der Waals surface area contributed by atoms with Crippen LogP contribution in [0.5, 0.6) is 5.88 Å². The maximum absolute atomic E-state index is 12.4. The molecule has 0 radical (unpaired) electrons. The predicted octanol–water partition coefficient (Wildman–Crippen LogP) is 1.86. The monoisotopic (exact) mass is 330 g/mol. The highest BCUT2D eigenvalue weighted by molar-refractivity contribution is 5.94. The highest BCUT2D eigenvalue weighted by Crippen LogP contribution is 2.27. The summed E-state index contributed by atoms with van der Waals surface area (Å²) in [5.74, 6) is 0.401. The number of amides is 1. The van der Waals surface area contributed by atoms with Gasteiger partial charge in [0.15, 0.2) is 0 Å². The Morgan fingerprint density at radius 2 is 2.33 bits per heavy atom. The fraction of sp³-hybridized carbons (Fsp3) is 0.471. The van der Waals surface area contributed by atoms with Crippen LogP contribution in [0.15, 0.2) is 30.9 Å². The van der Waals surface area contributed by atoms with Gasteiger partial charge < -0.3 is 19.4 Å².